The van der Waals surface area contributed by atoms with Crippen molar-refractivity contribution in [3.8, 4) is 45.2 Å². The van der Waals surface area contributed by atoms with Crippen LogP contribution in [0, 0.1) is 6.07 Å². The molecule has 0 bridgehead atoms. The summed E-state index contributed by atoms with van der Waals surface area (Å²) in [6, 6.07) is 57.3. The van der Waals surface area contributed by atoms with E-state index in [0.29, 0.717) is 11.4 Å². The van der Waals surface area contributed by atoms with Crippen LogP contribution >= 0.6 is 0 Å². The summed E-state index contributed by atoms with van der Waals surface area (Å²) in [6.07, 6.45) is 1.83. The van der Waals surface area contributed by atoms with Gasteiger partial charge in [-0.1, -0.05) is 128 Å². The van der Waals surface area contributed by atoms with Gasteiger partial charge in [-0.15, -0.1) is 29.3 Å². The Morgan fingerprint density at radius 3 is 2.15 bits per heavy atom. The molecule has 3 aromatic heterocycles. The van der Waals surface area contributed by atoms with Crippen molar-refractivity contribution in [2.45, 2.75) is 19.3 Å². The van der Waals surface area contributed by atoms with Gasteiger partial charge in [0, 0.05) is 54.8 Å². The Morgan fingerprint density at radius 2 is 1.33 bits per heavy atom. The molecule has 0 aliphatic heterocycles. The van der Waals surface area contributed by atoms with E-state index in [9.17, 15) is 5.11 Å². The quantitative estimate of drug-likeness (QED) is 0.169. The first-order chi connectivity index (χ1) is 26.5. The van der Waals surface area contributed by atoms with Crippen molar-refractivity contribution in [1.29, 1.82) is 0 Å². The van der Waals surface area contributed by atoms with Crippen LogP contribution < -0.4 is 0 Å². The number of para-hydroxylation sites is 3. The molecular formula is C49H34N3O2Pt-. The second-order valence-electron chi connectivity index (χ2n) is 14.3. The van der Waals surface area contributed by atoms with E-state index >= 15 is 0 Å². The minimum absolute atomic E-state index is 0. The minimum atomic E-state index is -0.364. The van der Waals surface area contributed by atoms with Crippen LogP contribution in [-0.4, -0.2) is 19.6 Å². The van der Waals surface area contributed by atoms with Crippen molar-refractivity contribution >= 4 is 43.7 Å². The molecule has 0 amide bonds. The van der Waals surface area contributed by atoms with Crippen LogP contribution in [0.4, 0.5) is 0 Å². The van der Waals surface area contributed by atoms with Gasteiger partial charge in [0.1, 0.15) is 22.7 Å². The molecule has 0 saturated heterocycles. The van der Waals surface area contributed by atoms with Crippen LogP contribution in [0.15, 0.2) is 168 Å². The van der Waals surface area contributed by atoms with Crippen LogP contribution in [0.1, 0.15) is 25.0 Å². The molecular weight excluding hydrogens is 858 g/mol. The molecule has 0 radical (unpaired) electrons. The molecule has 55 heavy (non-hydrogen) atoms. The zero-order valence-electron chi connectivity index (χ0n) is 30.1. The Kier molecular flexibility index (Phi) is 8.48. The van der Waals surface area contributed by atoms with Crippen molar-refractivity contribution in [2.75, 3.05) is 0 Å². The van der Waals surface area contributed by atoms with E-state index in [1.807, 2.05) is 48.7 Å². The largest absolute Gasteiger partial charge is 0.507 e. The second kappa shape index (κ2) is 13.5. The normalized spacial score (nSPS) is 11.7. The molecule has 6 heteroatoms. The topological polar surface area (TPSA) is 64.1 Å². The number of rotatable bonds is 6. The number of fused-ring (bicyclic) bond motifs is 6. The predicted octanol–water partition coefficient (Wildman–Crippen LogP) is 12.3. The standard InChI is InChI=1S/C49H34N3O2.Pt/c1-49(2,34-15-5-3-6-16-34)35-29-32(28-33(30-35)46-45-43(26-27-50-46)54-42-25-24-31-14-9-10-19-37(31)44(42)45)38-21-13-22-40-47(38)51-48(39-20-11-12-23-41(39)53)52(40)36-17-7-4-8-18-36;/h3-27,29-30,53H,1-2H3;/q-1;. The van der Waals surface area contributed by atoms with Crippen molar-refractivity contribution in [3.05, 3.63) is 181 Å². The van der Waals surface area contributed by atoms with E-state index in [0.717, 1.165) is 77.4 Å². The molecule has 0 fully saturated rings. The number of phenols is 1. The molecule has 0 aliphatic carbocycles. The zero-order chi connectivity index (χ0) is 36.4. The van der Waals surface area contributed by atoms with Crippen molar-refractivity contribution in [3.63, 3.8) is 0 Å². The molecule has 268 valence electrons. The molecule has 0 unspecified atom stereocenters. The van der Waals surface area contributed by atoms with Crippen molar-refractivity contribution < 1.29 is 30.6 Å². The van der Waals surface area contributed by atoms with Gasteiger partial charge in [-0.2, -0.15) is 0 Å². The molecule has 3 heterocycles. The van der Waals surface area contributed by atoms with Crippen LogP contribution in [0.5, 0.6) is 5.75 Å². The fourth-order valence-electron chi connectivity index (χ4n) is 7.91. The molecule has 1 N–H and O–H groups in total. The van der Waals surface area contributed by atoms with E-state index < -0.39 is 0 Å². The first-order valence-corrected chi connectivity index (χ1v) is 18.1. The third-order valence-electron chi connectivity index (χ3n) is 10.7. The molecule has 7 aromatic carbocycles. The van der Waals surface area contributed by atoms with E-state index in [1.54, 1.807) is 6.07 Å². The third-order valence-corrected chi connectivity index (χ3v) is 10.7. The van der Waals surface area contributed by atoms with Gasteiger partial charge >= 0.3 is 0 Å². The van der Waals surface area contributed by atoms with E-state index in [4.69, 9.17) is 14.4 Å². The van der Waals surface area contributed by atoms with E-state index in [1.165, 1.54) is 5.56 Å². The molecule has 0 atom stereocenters. The number of aromatic nitrogens is 3. The zero-order valence-corrected chi connectivity index (χ0v) is 32.4. The molecule has 10 rings (SSSR count). The molecule has 0 spiro atoms. The van der Waals surface area contributed by atoms with Crippen LogP contribution in [0.2, 0.25) is 0 Å². The van der Waals surface area contributed by atoms with Gasteiger partial charge in [0.2, 0.25) is 0 Å². The Balaban J connectivity index is 0.00000397. The smallest absolute Gasteiger partial charge is 0.148 e. The minimum Gasteiger partial charge on any atom is -0.507 e. The Hall–Kier alpha value is -6.29. The first kappa shape index (κ1) is 34.5. The van der Waals surface area contributed by atoms with Crippen LogP contribution in [0.3, 0.4) is 0 Å². The van der Waals surface area contributed by atoms with E-state index in [-0.39, 0.29) is 32.2 Å². The Labute approximate surface area is 332 Å². The van der Waals surface area contributed by atoms with E-state index in [2.05, 4.69) is 134 Å². The first-order valence-electron chi connectivity index (χ1n) is 18.1. The number of phenolic OH excluding ortho intramolecular Hbond substituents is 1. The number of furan rings is 1. The van der Waals surface area contributed by atoms with Crippen molar-refractivity contribution in [1.82, 2.24) is 14.5 Å². The van der Waals surface area contributed by atoms with Gasteiger partial charge in [0.15, 0.2) is 0 Å². The van der Waals surface area contributed by atoms with Gasteiger partial charge in [0.05, 0.1) is 16.6 Å². The summed E-state index contributed by atoms with van der Waals surface area (Å²) in [6.45, 7) is 4.53. The Bertz CT molecular complexity index is 3040. The molecule has 5 nitrogen and oxygen atoms in total. The van der Waals surface area contributed by atoms with Crippen molar-refractivity contribution in [2.24, 2.45) is 0 Å². The average Bonchev–Trinajstić information content (AvgIpc) is 3.81. The summed E-state index contributed by atoms with van der Waals surface area (Å²) in [5.41, 5.74) is 10.4. The summed E-state index contributed by atoms with van der Waals surface area (Å²) in [4.78, 5) is 10.4. The predicted molar refractivity (Wildman–Crippen MR) is 219 cm³/mol. The van der Waals surface area contributed by atoms with Gasteiger partial charge in [-0.05, 0) is 58.8 Å². The number of pyridine rings is 1. The Morgan fingerprint density at radius 1 is 0.636 bits per heavy atom. The summed E-state index contributed by atoms with van der Waals surface area (Å²) in [7, 11) is 0. The molecule has 0 saturated carbocycles. The monoisotopic (exact) mass is 891 g/mol. The third kappa shape index (κ3) is 5.66. The maximum absolute atomic E-state index is 11.1. The number of imidazole rings is 1. The number of benzene rings is 7. The second-order valence-corrected chi connectivity index (χ2v) is 14.3. The van der Waals surface area contributed by atoms with Gasteiger partial charge in [-0.25, -0.2) is 4.98 Å². The number of aromatic hydroxyl groups is 1. The molecule has 0 aliphatic rings. The summed E-state index contributed by atoms with van der Waals surface area (Å²) in [5.74, 6) is 0.831. The maximum atomic E-state index is 11.1. The van der Waals surface area contributed by atoms with Gasteiger partial charge in [0.25, 0.3) is 0 Å². The number of hydrogen-bond donors (Lipinski definition) is 1. The van der Waals surface area contributed by atoms with Gasteiger partial charge in [-0.3, -0.25) is 9.55 Å². The molecule has 10 aromatic rings. The maximum Gasteiger partial charge on any atom is 0.148 e. The summed E-state index contributed by atoms with van der Waals surface area (Å²) < 4.78 is 8.61. The fraction of sp³-hybridized carbons (Fsp3) is 0.0612. The number of hydrogen-bond acceptors (Lipinski definition) is 4. The number of nitrogens with zero attached hydrogens (tertiary/aromatic N) is 3. The van der Waals surface area contributed by atoms with Gasteiger partial charge < -0.3 is 9.52 Å². The summed E-state index contributed by atoms with van der Waals surface area (Å²) in [5, 5.41) is 15.4. The summed E-state index contributed by atoms with van der Waals surface area (Å²) >= 11 is 0. The van der Waals surface area contributed by atoms with Crippen LogP contribution in [-0.2, 0) is 26.5 Å². The average molecular weight is 892 g/mol. The fourth-order valence-corrected chi connectivity index (χ4v) is 7.91. The van der Waals surface area contributed by atoms with Crippen LogP contribution in [0.25, 0.3) is 83.2 Å². The SMILES string of the molecule is CC(C)(c1ccccc1)c1cc(-c2cccc3c2nc(-c2ccccc2O)n3-c2ccccc2)[c-]c(-c2nccc3oc4ccc5ccccc5c4c23)c1.[Pt].